The van der Waals surface area contributed by atoms with Crippen LogP contribution in [-0.2, 0) is 0 Å². The van der Waals surface area contributed by atoms with Crippen LogP contribution in [0.25, 0.3) is 0 Å². The number of carbonyl (C=O) groups is 1. The van der Waals surface area contributed by atoms with E-state index in [1.165, 1.54) is 24.3 Å². The van der Waals surface area contributed by atoms with E-state index in [4.69, 9.17) is 0 Å². The van der Waals surface area contributed by atoms with Gasteiger partial charge >= 0.3 is 0 Å². The number of ketones is 1. The molecule has 1 aromatic carbocycles. The van der Waals surface area contributed by atoms with Crippen LogP contribution in [-0.4, -0.2) is 46.5 Å². The first-order valence-corrected chi connectivity index (χ1v) is 7.15. The van der Waals surface area contributed by atoms with Gasteiger partial charge in [-0.15, -0.1) is 0 Å². The fourth-order valence-electron chi connectivity index (χ4n) is 2.66. The van der Waals surface area contributed by atoms with Gasteiger partial charge in [0.25, 0.3) is 5.69 Å². The predicted molar refractivity (Wildman–Crippen MR) is 78.3 cm³/mol. The monoisotopic (exact) mass is 292 g/mol. The third kappa shape index (κ3) is 4.09. The predicted octanol–water partition coefficient (Wildman–Crippen LogP) is 1.87. The van der Waals surface area contributed by atoms with Gasteiger partial charge < -0.3 is 5.11 Å². The smallest absolute Gasteiger partial charge is 0.269 e. The summed E-state index contributed by atoms with van der Waals surface area (Å²) in [7, 11) is 0. The molecule has 1 unspecified atom stereocenters. The van der Waals surface area contributed by atoms with Crippen molar-refractivity contribution >= 4 is 11.5 Å². The van der Waals surface area contributed by atoms with Gasteiger partial charge in [-0.2, -0.15) is 0 Å². The number of Topliss-reactive ketones (excluding diaryl/α,β-unsaturated/α-hetero) is 1. The number of aliphatic hydroxyl groups is 1. The number of nitro groups is 1. The van der Waals surface area contributed by atoms with Crippen LogP contribution >= 0.6 is 0 Å². The molecule has 1 aliphatic rings. The molecule has 1 fully saturated rings. The lowest BCUT2D eigenvalue weighted by Gasteiger charge is -2.32. The number of benzene rings is 1. The molecule has 0 amide bonds. The van der Waals surface area contributed by atoms with E-state index >= 15 is 0 Å². The Balaban J connectivity index is 1.89. The number of hydrogen-bond acceptors (Lipinski definition) is 5. The van der Waals surface area contributed by atoms with Crippen molar-refractivity contribution in [1.29, 1.82) is 0 Å². The maximum Gasteiger partial charge on any atom is 0.269 e. The van der Waals surface area contributed by atoms with Crippen LogP contribution in [0.4, 0.5) is 5.69 Å². The highest BCUT2D eigenvalue weighted by Crippen LogP contribution is 2.21. The Kier molecular flexibility index (Phi) is 5.03. The maximum absolute atomic E-state index is 12.1. The quantitative estimate of drug-likeness (QED) is 0.509. The third-order valence-electron chi connectivity index (χ3n) is 4.08. The zero-order valence-electron chi connectivity index (χ0n) is 12.1. The van der Waals surface area contributed by atoms with Crippen molar-refractivity contribution in [3.05, 3.63) is 39.9 Å². The Labute approximate surface area is 123 Å². The molecule has 2 rings (SSSR count). The van der Waals surface area contributed by atoms with Crippen molar-refractivity contribution in [3.8, 4) is 0 Å². The maximum atomic E-state index is 12.1. The molecule has 0 aromatic heterocycles. The molecule has 1 N–H and O–H groups in total. The summed E-state index contributed by atoms with van der Waals surface area (Å²) < 4.78 is 0. The second kappa shape index (κ2) is 6.78. The number of piperidine rings is 1. The number of rotatable bonds is 5. The lowest BCUT2D eigenvalue weighted by molar-refractivity contribution is -0.384. The van der Waals surface area contributed by atoms with Crippen molar-refractivity contribution in [3.63, 3.8) is 0 Å². The molecule has 1 aliphatic heterocycles. The highest BCUT2D eigenvalue weighted by atomic mass is 16.6. The van der Waals surface area contributed by atoms with E-state index in [2.05, 4.69) is 4.90 Å². The van der Waals surface area contributed by atoms with Gasteiger partial charge in [0.1, 0.15) is 0 Å². The van der Waals surface area contributed by atoms with E-state index in [1.807, 2.05) is 6.92 Å². The minimum atomic E-state index is -0.477. The van der Waals surface area contributed by atoms with E-state index in [0.717, 1.165) is 25.9 Å². The summed E-state index contributed by atoms with van der Waals surface area (Å²) in [4.78, 5) is 24.3. The summed E-state index contributed by atoms with van der Waals surface area (Å²) in [6.07, 6.45) is 1.49. The average molecular weight is 292 g/mol. The van der Waals surface area contributed by atoms with Crippen LogP contribution in [0.2, 0.25) is 0 Å². The molecule has 1 saturated heterocycles. The van der Waals surface area contributed by atoms with Gasteiger partial charge in [0.05, 0.1) is 17.6 Å². The standard InChI is InChI=1S/C15H20N2O4/c1-11(18)12-6-8-16(9-7-12)10-15(19)13-2-4-14(5-3-13)17(20)21/h2-5,11-12,18H,6-10H2,1H3. The minimum absolute atomic E-state index is 0.00991. The van der Waals surface area contributed by atoms with Crippen LogP contribution in [0, 0.1) is 16.0 Å². The van der Waals surface area contributed by atoms with Crippen LogP contribution in [0.3, 0.4) is 0 Å². The summed E-state index contributed by atoms with van der Waals surface area (Å²) in [5.74, 6) is 0.288. The molecule has 1 heterocycles. The van der Waals surface area contributed by atoms with Gasteiger partial charge in [0.15, 0.2) is 5.78 Å². The van der Waals surface area contributed by atoms with E-state index in [9.17, 15) is 20.0 Å². The minimum Gasteiger partial charge on any atom is -0.393 e. The van der Waals surface area contributed by atoms with Gasteiger partial charge in [0.2, 0.25) is 0 Å². The largest absolute Gasteiger partial charge is 0.393 e. The molecule has 0 saturated carbocycles. The molecule has 0 bridgehead atoms. The molecule has 21 heavy (non-hydrogen) atoms. The van der Waals surface area contributed by atoms with Gasteiger partial charge in [-0.25, -0.2) is 0 Å². The zero-order valence-corrected chi connectivity index (χ0v) is 12.1. The lowest BCUT2D eigenvalue weighted by Crippen LogP contribution is -2.39. The molecule has 1 aromatic rings. The van der Waals surface area contributed by atoms with Gasteiger partial charge in [0, 0.05) is 17.7 Å². The summed E-state index contributed by atoms with van der Waals surface area (Å²) in [5, 5.41) is 20.1. The second-order valence-electron chi connectivity index (χ2n) is 5.58. The third-order valence-corrected chi connectivity index (χ3v) is 4.08. The lowest BCUT2D eigenvalue weighted by atomic mass is 9.92. The number of likely N-dealkylation sites (tertiary alicyclic amines) is 1. The number of nitro benzene ring substituents is 1. The fourth-order valence-corrected chi connectivity index (χ4v) is 2.66. The average Bonchev–Trinajstić information content (AvgIpc) is 2.47. The summed E-state index contributed by atoms with van der Waals surface area (Å²) in [5.41, 5.74) is 0.488. The Morgan fingerprint density at radius 1 is 1.38 bits per heavy atom. The fraction of sp³-hybridized carbons (Fsp3) is 0.533. The molecule has 6 nitrogen and oxygen atoms in total. The van der Waals surface area contributed by atoms with Crippen molar-refractivity contribution in [2.75, 3.05) is 19.6 Å². The first-order chi connectivity index (χ1) is 9.97. The molecular formula is C15H20N2O4. The van der Waals surface area contributed by atoms with Crippen LogP contribution < -0.4 is 0 Å². The molecule has 1 atom stereocenters. The van der Waals surface area contributed by atoms with E-state index in [-0.39, 0.29) is 17.6 Å². The normalized spacial score (nSPS) is 18.4. The van der Waals surface area contributed by atoms with Gasteiger partial charge in [-0.3, -0.25) is 19.8 Å². The van der Waals surface area contributed by atoms with E-state index < -0.39 is 4.92 Å². The first kappa shape index (κ1) is 15.6. The number of aliphatic hydroxyl groups excluding tert-OH is 1. The Morgan fingerprint density at radius 3 is 2.43 bits per heavy atom. The molecule has 0 spiro atoms. The molecule has 6 heteroatoms. The van der Waals surface area contributed by atoms with Crippen molar-refractivity contribution in [2.45, 2.75) is 25.9 Å². The SMILES string of the molecule is CC(O)C1CCN(CC(=O)c2ccc([N+](=O)[O-])cc2)CC1. The second-order valence-corrected chi connectivity index (χ2v) is 5.58. The summed E-state index contributed by atoms with van der Waals surface area (Å²) in [6.45, 7) is 3.73. The van der Waals surface area contributed by atoms with E-state index in [1.54, 1.807) is 0 Å². The van der Waals surface area contributed by atoms with Crippen molar-refractivity contribution in [2.24, 2.45) is 5.92 Å². The van der Waals surface area contributed by atoms with Crippen LogP contribution in [0.15, 0.2) is 24.3 Å². The number of carbonyl (C=O) groups excluding carboxylic acids is 1. The first-order valence-electron chi connectivity index (χ1n) is 7.15. The van der Waals surface area contributed by atoms with Crippen molar-refractivity contribution < 1.29 is 14.8 Å². The van der Waals surface area contributed by atoms with Gasteiger partial charge in [-0.1, -0.05) is 0 Å². The zero-order chi connectivity index (χ0) is 15.4. The number of non-ortho nitro benzene ring substituents is 1. The van der Waals surface area contributed by atoms with E-state index in [0.29, 0.717) is 18.0 Å². The van der Waals surface area contributed by atoms with Crippen LogP contribution in [0.1, 0.15) is 30.1 Å². The molecule has 0 radical (unpaired) electrons. The Hall–Kier alpha value is -1.79. The highest BCUT2D eigenvalue weighted by Gasteiger charge is 2.24. The summed E-state index contributed by atoms with van der Waals surface area (Å²) in [6, 6.07) is 5.71. The van der Waals surface area contributed by atoms with Gasteiger partial charge in [-0.05, 0) is 50.9 Å². The Bertz CT molecular complexity index is 505. The van der Waals surface area contributed by atoms with Crippen molar-refractivity contribution in [1.82, 2.24) is 4.90 Å². The number of nitrogens with zero attached hydrogens (tertiary/aromatic N) is 2. The molecule has 0 aliphatic carbocycles. The molecular weight excluding hydrogens is 272 g/mol. The summed E-state index contributed by atoms with van der Waals surface area (Å²) >= 11 is 0. The molecule has 114 valence electrons. The number of hydrogen-bond donors (Lipinski definition) is 1. The topological polar surface area (TPSA) is 83.7 Å². The van der Waals surface area contributed by atoms with Crippen LogP contribution in [0.5, 0.6) is 0 Å². The highest BCUT2D eigenvalue weighted by molar-refractivity contribution is 5.97. The Morgan fingerprint density at radius 2 is 1.95 bits per heavy atom.